The predicted octanol–water partition coefficient (Wildman–Crippen LogP) is 3.68. The number of nitrogens with zero attached hydrogens (tertiary/aromatic N) is 3. The lowest BCUT2D eigenvalue weighted by Crippen LogP contribution is -2.45. The van der Waals surface area contributed by atoms with E-state index in [1.54, 1.807) is 18.2 Å². The van der Waals surface area contributed by atoms with Crippen LogP contribution >= 0.6 is 0 Å². The highest BCUT2D eigenvalue weighted by atomic mass is 16.5. The summed E-state index contributed by atoms with van der Waals surface area (Å²) in [6.45, 7) is 5.76. The van der Waals surface area contributed by atoms with Crippen molar-refractivity contribution in [3.8, 4) is 28.4 Å². The molecule has 0 radical (unpaired) electrons. The molecule has 2 aliphatic rings. The largest absolute Gasteiger partial charge is 0.508 e. The van der Waals surface area contributed by atoms with Crippen molar-refractivity contribution >= 4 is 28.7 Å². The number of fused-ring (bicyclic) bond motifs is 2. The van der Waals surface area contributed by atoms with Crippen LogP contribution in [0.1, 0.15) is 26.3 Å². The third-order valence-electron chi connectivity index (χ3n) is 7.69. The number of aromatic hydroxyl groups is 2. The Balaban J connectivity index is 1.43. The third-order valence-corrected chi connectivity index (χ3v) is 7.69. The molecule has 9 heteroatoms. The number of allylic oxidation sites excluding steroid dienone is 1. The molecule has 3 heterocycles. The van der Waals surface area contributed by atoms with Crippen LogP contribution in [0.2, 0.25) is 0 Å². The first-order valence-corrected chi connectivity index (χ1v) is 13.2. The molecule has 0 atom stereocenters. The number of nitrogens with two attached hydrogens (primary N) is 1. The van der Waals surface area contributed by atoms with E-state index >= 15 is 0 Å². The van der Waals surface area contributed by atoms with Crippen molar-refractivity contribution < 1.29 is 24.5 Å². The molecule has 4 aromatic rings. The van der Waals surface area contributed by atoms with Crippen molar-refractivity contribution in [2.45, 2.75) is 6.54 Å². The van der Waals surface area contributed by atoms with Gasteiger partial charge in [-0.1, -0.05) is 24.3 Å². The summed E-state index contributed by atoms with van der Waals surface area (Å²) in [4.78, 5) is 29.6. The summed E-state index contributed by atoms with van der Waals surface area (Å²) >= 11 is 0. The van der Waals surface area contributed by atoms with Crippen LogP contribution in [-0.2, 0) is 6.54 Å². The monoisotopic (exact) mass is 538 g/mol. The smallest absolute Gasteiger partial charge is 0.248 e. The Morgan fingerprint density at radius 3 is 2.50 bits per heavy atom. The molecule has 1 fully saturated rings. The summed E-state index contributed by atoms with van der Waals surface area (Å²) in [6, 6.07) is 15.6. The number of ether oxygens (including phenoxy) is 1. The molecule has 3 aromatic carbocycles. The fraction of sp³-hybridized carbons (Fsp3) is 0.226. The zero-order valence-corrected chi connectivity index (χ0v) is 22.1. The van der Waals surface area contributed by atoms with Gasteiger partial charge in [0.05, 0.1) is 0 Å². The molecule has 9 nitrogen and oxygen atoms in total. The summed E-state index contributed by atoms with van der Waals surface area (Å²) in [7, 11) is 2.14. The van der Waals surface area contributed by atoms with Crippen LogP contribution in [-0.4, -0.2) is 76.0 Å². The Labute approximate surface area is 231 Å². The standard InChI is InChI=1S/C31H30N4O5/c1-33-9-11-34(12-10-33)13-14-35-18-21(15-27-30(38)29-25(37)16-22(36)17-26(29)40-27)28-23(3-2-4-24(28)35)19-5-7-20(8-6-19)31(32)39/h2-8,15-18,36-37H,9-14H2,1H3,(H2,32,39)/b27-15-. The fourth-order valence-corrected chi connectivity index (χ4v) is 5.47. The first-order valence-electron chi connectivity index (χ1n) is 13.2. The Morgan fingerprint density at radius 2 is 1.77 bits per heavy atom. The van der Waals surface area contributed by atoms with Gasteiger partial charge in [0.1, 0.15) is 22.8 Å². The van der Waals surface area contributed by atoms with Crippen molar-refractivity contribution in [3.63, 3.8) is 0 Å². The SMILES string of the molecule is CN1CCN(CCn2cc(/C=C3\Oc4cc(O)cc(O)c4C3=O)c3c(-c4ccc(C(N)=O)cc4)cccc32)CC1. The van der Waals surface area contributed by atoms with Crippen LogP contribution in [0.5, 0.6) is 17.2 Å². The first-order chi connectivity index (χ1) is 19.3. The number of ketones is 1. The fourth-order valence-electron chi connectivity index (χ4n) is 5.47. The van der Waals surface area contributed by atoms with Crippen molar-refractivity contribution in [2.75, 3.05) is 39.8 Å². The van der Waals surface area contributed by atoms with E-state index in [2.05, 4.69) is 27.5 Å². The van der Waals surface area contributed by atoms with Gasteiger partial charge in [-0.25, -0.2) is 0 Å². The molecule has 1 aromatic heterocycles. The average molecular weight is 539 g/mol. The van der Waals surface area contributed by atoms with E-state index in [1.165, 1.54) is 6.07 Å². The van der Waals surface area contributed by atoms with E-state index in [-0.39, 0.29) is 28.6 Å². The van der Waals surface area contributed by atoms with Gasteiger partial charge in [-0.15, -0.1) is 0 Å². The second-order valence-electron chi connectivity index (χ2n) is 10.3. The second-order valence-corrected chi connectivity index (χ2v) is 10.3. The van der Waals surface area contributed by atoms with Gasteiger partial charge in [0, 0.05) is 79.6 Å². The number of phenols is 2. The summed E-state index contributed by atoms with van der Waals surface area (Å²) in [5.74, 6) is -1.27. The minimum atomic E-state index is -0.490. The number of aromatic nitrogens is 1. The molecule has 0 unspecified atom stereocenters. The number of Topliss-reactive ketones (excluding diaryl/α,β-unsaturated/α-hetero) is 1. The van der Waals surface area contributed by atoms with Crippen LogP contribution in [0.25, 0.3) is 28.1 Å². The molecule has 0 bridgehead atoms. The van der Waals surface area contributed by atoms with E-state index in [0.717, 1.165) is 72.9 Å². The van der Waals surface area contributed by atoms with Crippen molar-refractivity contribution in [1.29, 1.82) is 0 Å². The lowest BCUT2D eigenvalue weighted by atomic mass is 9.97. The highest BCUT2D eigenvalue weighted by Crippen LogP contribution is 2.42. The molecule has 204 valence electrons. The van der Waals surface area contributed by atoms with Gasteiger partial charge < -0.3 is 30.2 Å². The number of carbonyl (C=O) groups excluding carboxylic acids is 2. The van der Waals surface area contributed by atoms with E-state index in [4.69, 9.17) is 10.5 Å². The number of carbonyl (C=O) groups is 2. The third kappa shape index (κ3) is 4.70. The Bertz CT molecular complexity index is 1660. The zero-order chi connectivity index (χ0) is 28.0. The number of hydrogen-bond acceptors (Lipinski definition) is 7. The van der Waals surface area contributed by atoms with Crippen molar-refractivity contribution in [1.82, 2.24) is 14.4 Å². The highest BCUT2D eigenvalue weighted by Gasteiger charge is 2.32. The van der Waals surface area contributed by atoms with Gasteiger partial charge in [0.2, 0.25) is 11.7 Å². The van der Waals surface area contributed by atoms with Crippen LogP contribution in [0, 0.1) is 0 Å². The van der Waals surface area contributed by atoms with Gasteiger partial charge in [0.25, 0.3) is 0 Å². The number of rotatable bonds is 6. The van der Waals surface area contributed by atoms with E-state index in [9.17, 15) is 19.8 Å². The molecule has 1 saturated heterocycles. The number of phenolic OH excluding ortho intramolecular Hbond substituents is 2. The molecular weight excluding hydrogens is 508 g/mol. The normalized spacial score (nSPS) is 16.9. The maximum absolute atomic E-state index is 13.2. The Morgan fingerprint density at radius 1 is 1.02 bits per heavy atom. The molecule has 1 amide bonds. The quantitative estimate of drug-likeness (QED) is 0.320. The summed E-state index contributed by atoms with van der Waals surface area (Å²) in [5.41, 5.74) is 9.52. The molecule has 40 heavy (non-hydrogen) atoms. The van der Waals surface area contributed by atoms with Crippen LogP contribution in [0.15, 0.2) is 66.6 Å². The van der Waals surface area contributed by atoms with Crippen LogP contribution in [0.4, 0.5) is 0 Å². The van der Waals surface area contributed by atoms with Gasteiger partial charge >= 0.3 is 0 Å². The molecule has 4 N–H and O–H groups in total. The molecule has 0 spiro atoms. The maximum Gasteiger partial charge on any atom is 0.248 e. The molecule has 6 rings (SSSR count). The number of amides is 1. The van der Waals surface area contributed by atoms with E-state index in [0.29, 0.717) is 5.56 Å². The Kier molecular flexibility index (Phi) is 6.53. The van der Waals surface area contributed by atoms with E-state index in [1.807, 2.05) is 30.5 Å². The van der Waals surface area contributed by atoms with Crippen molar-refractivity contribution in [2.24, 2.45) is 5.73 Å². The van der Waals surface area contributed by atoms with Gasteiger partial charge in [-0.3, -0.25) is 14.5 Å². The predicted molar refractivity (Wildman–Crippen MR) is 153 cm³/mol. The molecule has 0 saturated carbocycles. The molecular formula is C31H30N4O5. The first kappa shape index (κ1) is 25.7. The van der Waals surface area contributed by atoms with Crippen LogP contribution < -0.4 is 10.5 Å². The minimum absolute atomic E-state index is 0.0325. The summed E-state index contributed by atoms with van der Waals surface area (Å²) in [6.07, 6.45) is 3.71. The number of piperazine rings is 1. The highest BCUT2D eigenvalue weighted by molar-refractivity contribution is 6.17. The Hall–Kier alpha value is -4.60. The number of benzene rings is 3. The zero-order valence-electron chi connectivity index (χ0n) is 22.1. The van der Waals surface area contributed by atoms with Gasteiger partial charge in [0.15, 0.2) is 5.76 Å². The summed E-state index contributed by atoms with van der Waals surface area (Å²) < 4.78 is 8.01. The molecule has 2 aliphatic heterocycles. The minimum Gasteiger partial charge on any atom is -0.508 e. The number of hydrogen-bond donors (Lipinski definition) is 3. The number of likely N-dealkylation sites (N-methyl/N-ethyl adjacent to an activating group) is 1. The maximum atomic E-state index is 13.2. The van der Waals surface area contributed by atoms with Gasteiger partial charge in [-0.2, -0.15) is 0 Å². The lowest BCUT2D eigenvalue weighted by molar-refractivity contribution is 0.0996. The van der Waals surface area contributed by atoms with Crippen LogP contribution in [0.3, 0.4) is 0 Å². The number of primary amides is 1. The topological polar surface area (TPSA) is 121 Å². The van der Waals surface area contributed by atoms with E-state index < -0.39 is 11.7 Å². The summed E-state index contributed by atoms with van der Waals surface area (Å²) in [5, 5.41) is 21.1. The average Bonchev–Trinajstić information content (AvgIpc) is 3.45. The van der Waals surface area contributed by atoms with Crippen molar-refractivity contribution in [3.05, 3.63) is 83.2 Å². The lowest BCUT2D eigenvalue weighted by Gasteiger charge is -2.32. The second kappa shape index (κ2) is 10.2. The van der Waals surface area contributed by atoms with Gasteiger partial charge in [-0.05, 0) is 42.4 Å². The molecule has 0 aliphatic carbocycles.